The van der Waals surface area contributed by atoms with Crippen molar-refractivity contribution in [2.75, 3.05) is 45.8 Å². The molecule has 2 aliphatic heterocycles. The van der Waals surface area contributed by atoms with E-state index in [2.05, 4.69) is 4.90 Å². The molecule has 2 heterocycles. The summed E-state index contributed by atoms with van der Waals surface area (Å²) >= 11 is 0. The second-order valence-corrected chi connectivity index (χ2v) is 5.47. The molecule has 108 valence electrons. The van der Waals surface area contributed by atoms with E-state index in [4.69, 9.17) is 5.11 Å². The molecule has 2 amide bonds. The SMILES string of the molecule is CCN(CC)C(=O)CN1C[C@@H]2CN(C(=O)O)C[C@@H]2C1. The molecule has 6 nitrogen and oxygen atoms in total. The first-order valence-electron chi connectivity index (χ1n) is 7.03. The minimum Gasteiger partial charge on any atom is -0.465 e. The molecular weight excluding hydrogens is 246 g/mol. The molecule has 2 fully saturated rings. The third kappa shape index (κ3) is 3.00. The van der Waals surface area contributed by atoms with E-state index in [1.807, 2.05) is 18.7 Å². The summed E-state index contributed by atoms with van der Waals surface area (Å²) < 4.78 is 0. The fourth-order valence-corrected chi connectivity index (χ4v) is 3.24. The van der Waals surface area contributed by atoms with E-state index < -0.39 is 6.09 Å². The molecule has 0 aromatic carbocycles. The van der Waals surface area contributed by atoms with Crippen molar-refractivity contribution in [1.82, 2.24) is 14.7 Å². The zero-order valence-corrected chi connectivity index (χ0v) is 11.7. The lowest BCUT2D eigenvalue weighted by Gasteiger charge is -2.24. The third-order valence-corrected chi connectivity index (χ3v) is 4.31. The smallest absolute Gasteiger partial charge is 0.407 e. The highest BCUT2D eigenvalue weighted by atomic mass is 16.4. The van der Waals surface area contributed by atoms with Crippen LogP contribution in [0.3, 0.4) is 0 Å². The minimum atomic E-state index is -0.819. The summed E-state index contributed by atoms with van der Waals surface area (Å²) in [6, 6.07) is 0. The van der Waals surface area contributed by atoms with Gasteiger partial charge in [0.1, 0.15) is 0 Å². The summed E-state index contributed by atoms with van der Waals surface area (Å²) in [6.07, 6.45) is -0.819. The summed E-state index contributed by atoms with van der Waals surface area (Å²) in [7, 11) is 0. The first-order chi connectivity index (χ1) is 9.05. The lowest BCUT2D eigenvalue weighted by molar-refractivity contribution is -0.131. The second kappa shape index (κ2) is 5.77. The van der Waals surface area contributed by atoms with Crippen LogP contribution in [0.2, 0.25) is 0 Å². The fourth-order valence-electron chi connectivity index (χ4n) is 3.24. The molecule has 1 N–H and O–H groups in total. The van der Waals surface area contributed by atoms with Gasteiger partial charge in [-0.05, 0) is 25.7 Å². The Morgan fingerprint density at radius 3 is 2.05 bits per heavy atom. The van der Waals surface area contributed by atoms with E-state index in [0.29, 0.717) is 31.5 Å². The van der Waals surface area contributed by atoms with Crippen molar-refractivity contribution in [3.05, 3.63) is 0 Å². The molecule has 0 unspecified atom stereocenters. The molecule has 0 radical (unpaired) electrons. The van der Waals surface area contributed by atoms with Crippen molar-refractivity contribution >= 4 is 12.0 Å². The average Bonchev–Trinajstić information content (AvgIpc) is 2.88. The zero-order valence-electron chi connectivity index (χ0n) is 11.7. The van der Waals surface area contributed by atoms with Gasteiger partial charge in [-0.15, -0.1) is 0 Å². The Bertz CT molecular complexity index is 343. The molecular formula is C13H23N3O3. The normalized spacial score (nSPS) is 26.5. The fraction of sp³-hybridized carbons (Fsp3) is 0.846. The molecule has 2 saturated heterocycles. The average molecular weight is 269 g/mol. The number of fused-ring (bicyclic) bond motifs is 1. The van der Waals surface area contributed by atoms with Crippen molar-refractivity contribution < 1.29 is 14.7 Å². The van der Waals surface area contributed by atoms with E-state index in [9.17, 15) is 9.59 Å². The first kappa shape index (κ1) is 14.1. The van der Waals surface area contributed by atoms with Crippen molar-refractivity contribution in [1.29, 1.82) is 0 Å². The molecule has 0 spiro atoms. The number of likely N-dealkylation sites (tertiary alicyclic amines) is 2. The molecule has 0 aromatic heterocycles. The highest BCUT2D eigenvalue weighted by Crippen LogP contribution is 2.30. The van der Waals surface area contributed by atoms with Crippen LogP contribution in [0.25, 0.3) is 0 Å². The highest BCUT2D eigenvalue weighted by molar-refractivity contribution is 5.78. The van der Waals surface area contributed by atoms with E-state index in [1.54, 1.807) is 0 Å². The van der Waals surface area contributed by atoms with Gasteiger partial charge in [-0.3, -0.25) is 9.69 Å². The number of rotatable bonds is 4. The number of carbonyl (C=O) groups excluding carboxylic acids is 1. The van der Waals surface area contributed by atoms with Crippen LogP contribution in [-0.4, -0.2) is 77.6 Å². The Labute approximate surface area is 114 Å². The maximum absolute atomic E-state index is 12.0. The van der Waals surface area contributed by atoms with Gasteiger partial charge in [-0.1, -0.05) is 0 Å². The van der Waals surface area contributed by atoms with Crippen LogP contribution in [0.1, 0.15) is 13.8 Å². The number of hydrogen-bond acceptors (Lipinski definition) is 3. The Morgan fingerprint density at radius 1 is 1.11 bits per heavy atom. The quantitative estimate of drug-likeness (QED) is 0.802. The van der Waals surface area contributed by atoms with Gasteiger partial charge >= 0.3 is 6.09 Å². The predicted octanol–water partition coefficient (Wildman–Crippen LogP) is 0.396. The second-order valence-electron chi connectivity index (χ2n) is 5.47. The number of carboxylic acid groups (broad SMARTS) is 1. The Morgan fingerprint density at radius 2 is 1.63 bits per heavy atom. The molecule has 2 rings (SSSR count). The third-order valence-electron chi connectivity index (χ3n) is 4.31. The molecule has 19 heavy (non-hydrogen) atoms. The number of carbonyl (C=O) groups is 2. The molecule has 0 saturated carbocycles. The maximum atomic E-state index is 12.0. The number of hydrogen-bond donors (Lipinski definition) is 1. The minimum absolute atomic E-state index is 0.181. The Hall–Kier alpha value is -1.30. The van der Waals surface area contributed by atoms with E-state index in [-0.39, 0.29) is 5.91 Å². The van der Waals surface area contributed by atoms with Gasteiger partial charge in [0.15, 0.2) is 0 Å². The summed E-state index contributed by atoms with van der Waals surface area (Å²) in [6.45, 7) is 8.90. The van der Waals surface area contributed by atoms with Crippen molar-refractivity contribution in [3.63, 3.8) is 0 Å². The standard InChI is InChI=1S/C13H23N3O3/c1-3-15(4-2)12(17)9-14-5-10-7-16(13(18)19)8-11(10)6-14/h10-11H,3-9H2,1-2H3,(H,18,19)/t10-,11+. The van der Waals surface area contributed by atoms with E-state index >= 15 is 0 Å². The Kier molecular flexibility index (Phi) is 4.29. The predicted molar refractivity (Wildman–Crippen MR) is 70.9 cm³/mol. The van der Waals surface area contributed by atoms with Gasteiger partial charge in [-0.25, -0.2) is 4.79 Å². The monoisotopic (exact) mass is 269 g/mol. The van der Waals surface area contributed by atoms with Gasteiger partial charge in [0.25, 0.3) is 0 Å². The van der Waals surface area contributed by atoms with Crippen LogP contribution >= 0.6 is 0 Å². The summed E-state index contributed by atoms with van der Waals surface area (Å²) in [5, 5.41) is 8.97. The van der Waals surface area contributed by atoms with Crippen LogP contribution in [0.5, 0.6) is 0 Å². The van der Waals surface area contributed by atoms with Gasteiger partial charge in [0.2, 0.25) is 5.91 Å². The number of likely N-dealkylation sites (N-methyl/N-ethyl adjacent to an activating group) is 1. The van der Waals surface area contributed by atoms with Crippen molar-refractivity contribution in [2.24, 2.45) is 11.8 Å². The molecule has 6 heteroatoms. The number of nitrogens with zero attached hydrogens (tertiary/aromatic N) is 3. The van der Waals surface area contributed by atoms with Crippen LogP contribution in [-0.2, 0) is 4.79 Å². The summed E-state index contributed by atoms with van der Waals surface area (Å²) in [5.41, 5.74) is 0. The molecule has 2 atom stereocenters. The largest absolute Gasteiger partial charge is 0.465 e. The summed E-state index contributed by atoms with van der Waals surface area (Å²) in [4.78, 5) is 28.5. The van der Waals surface area contributed by atoms with Gasteiger partial charge in [-0.2, -0.15) is 0 Å². The van der Waals surface area contributed by atoms with Crippen molar-refractivity contribution in [2.45, 2.75) is 13.8 Å². The highest BCUT2D eigenvalue weighted by Gasteiger charge is 2.42. The zero-order chi connectivity index (χ0) is 14.0. The van der Waals surface area contributed by atoms with Crippen LogP contribution < -0.4 is 0 Å². The maximum Gasteiger partial charge on any atom is 0.407 e. The first-order valence-corrected chi connectivity index (χ1v) is 7.03. The van der Waals surface area contributed by atoms with E-state index in [1.165, 1.54) is 4.90 Å². The van der Waals surface area contributed by atoms with Crippen LogP contribution in [0.4, 0.5) is 4.79 Å². The van der Waals surface area contributed by atoms with Gasteiger partial charge in [0.05, 0.1) is 6.54 Å². The van der Waals surface area contributed by atoms with E-state index in [0.717, 1.165) is 26.2 Å². The lowest BCUT2D eigenvalue weighted by atomic mass is 10.0. The van der Waals surface area contributed by atoms with Gasteiger partial charge in [0, 0.05) is 39.3 Å². The Balaban J connectivity index is 1.82. The lowest BCUT2D eigenvalue weighted by Crippen LogP contribution is -2.40. The molecule has 0 bridgehead atoms. The van der Waals surface area contributed by atoms with Crippen LogP contribution in [0.15, 0.2) is 0 Å². The van der Waals surface area contributed by atoms with Crippen LogP contribution in [0, 0.1) is 11.8 Å². The molecule has 0 aliphatic carbocycles. The van der Waals surface area contributed by atoms with Gasteiger partial charge < -0.3 is 14.9 Å². The summed E-state index contributed by atoms with van der Waals surface area (Å²) in [5.74, 6) is 0.987. The topological polar surface area (TPSA) is 64.1 Å². The number of amides is 2. The molecule has 2 aliphatic rings. The van der Waals surface area contributed by atoms with Crippen molar-refractivity contribution in [3.8, 4) is 0 Å². The molecule has 0 aromatic rings.